The molecule has 2 rings (SSSR count). The van der Waals surface area contributed by atoms with Gasteiger partial charge in [-0.3, -0.25) is 9.59 Å². The zero-order valence-corrected chi connectivity index (χ0v) is 11.7. The normalized spacial score (nSPS) is 10.3. The average molecular weight is 283 g/mol. The minimum atomic E-state index is -1.02. The van der Waals surface area contributed by atoms with E-state index in [9.17, 15) is 9.59 Å². The number of nitrogens with zero attached hydrogens (tertiary/aromatic N) is 1. The maximum Gasteiger partial charge on any atom is 0.323 e. The van der Waals surface area contributed by atoms with E-state index in [1.807, 2.05) is 42.5 Å². The Balaban J connectivity index is 2.23. The summed E-state index contributed by atoms with van der Waals surface area (Å²) in [4.78, 5) is 24.4. The van der Waals surface area contributed by atoms with Crippen molar-refractivity contribution in [1.82, 2.24) is 4.90 Å². The molecular formula is C17H17NO3. The maximum atomic E-state index is 12.3. The van der Waals surface area contributed by atoms with Crippen molar-refractivity contribution in [3.8, 4) is 0 Å². The Labute approximate surface area is 123 Å². The molecule has 0 aromatic heterocycles. The molecule has 0 bridgehead atoms. The van der Waals surface area contributed by atoms with Crippen LogP contribution in [-0.2, 0) is 16.0 Å². The number of carbonyl (C=O) groups is 2. The zero-order valence-electron chi connectivity index (χ0n) is 11.7. The second kappa shape index (κ2) is 6.70. The first-order chi connectivity index (χ1) is 10.1. The number of benzene rings is 2. The van der Waals surface area contributed by atoms with E-state index in [0.29, 0.717) is 0 Å². The molecule has 0 saturated heterocycles. The molecule has 4 heteroatoms. The predicted octanol–water partition coefficient (Wildman–Crippen LogP) is 2.48. The second-order valence-electron chi connectivity index (χ2n) is 4.77. The lowest BCUT2D eigenvalue weighted by Gasteiger charge is -2.19. The van der Waals surface area contributed by atoms with Crippen LogP contribution >= 0.6 is 0 Å². The topological polar surface area (TPSA) is 57.6 Å². The highest BCUT2D eigenvalue weighted by atomic mass is 16.4. The van der Waals surface area contributed by atoms with Gasteiger partial charge in [-0.1, -0.05) is 48.5 Å². The van der Waals surface area contributed by atoms with Crippen molar-refractivity contribution in [2.75, 3.05) is 13.1 Å². The largest absolute Gasteiger partial charge is 0.480 e. The number of hydrogen-bond acceptors (Lipinski definition) is 2. The molecule has 0 atom stereocenters. The number of aliphatic carboxylic acids is 1. The van der Waals surface area contributed by atoms with Crippen molar-refractivity contribution < 1.29 is 14.7 Å². The zero-order chi connectivity index (χ0) is 15.2. The van der Waals surface area contributed by atoms with Gasteiger partial charge in [0.2, 0.25) is 5.91 Å². The molecule has 0 saturated carbocycles. The molecule has 0 heterocycles. The lowest BCUT2D eigenvalue weighted by molar-refractivity contribution is -0.143. The highest BCUT2D eigenvalue weighted by Gasteiger charge is 2.16. The number of hydrogen-bond donors (Lipinski definition) is 1. The van der Waals surface area contributed by atoms with Gasteiger partial charge in [0.25, 0.3) is 0 Å². The van der Waals surface area contributed by atoms with Crippen LogP contribution in [0.4, 0.5) is 0 Å². The van der Waals surface area contributed by atoms with Gasteiger partial charge >= 0.3 is 5.97 Å². The van der Waals surface area contributed by atoms with Gasteiger partial charge in [-0.05, 0) is 16.3 Å². The van der Waals surface area contributed by atoms with Crippen LogP contribution < -0.4 is 0 Å². The van der Waals surface area contributed by atoms with Crippen LogP contribution in [0.5, 0.6) is 0 Å². The molecule has 21 heavy (non-hydrogen) atoms. The summed E-state index contributed by atoms with van der Waals surface area (Å²) >= 11 is 0. The molecule has 2 aromatic carbocycles. The molecule has 0 aliphatic heterocycles. The van der Waals surface area contributed by atoms with Crippen LogP contribution in [-0.4, -0.2) is 35.0 Å². The average Bonchev–Trinajstić information content (AvgIpc) is 2.47. The monoisotopic (exact) mass is 283 g/mol. The highest BCUT2D eigenvalue weighted by molar-refractivity contribution is 5.91. The van der Waals surface area contributed by atoms with Crippen molar-refractivity contribution >= 4 is 22.6 Å². The fourth-order valence-corrected chi connectivity index (χ4v) is 2.30. The summed E-state index contributed by atoms with van der Waals surface area (Å²) in [5.74, 6) is -1.24. The number of amides is 1. The summed E-state index contributed by atoms with van der Waals surface area (Å²) in [5, 5.41) is 11.0. The summed E-state index contributed by atoms with van der Waals surface area (Å²) in [6, 6.07) is 13.6. The van der Waals surface area contributed by atoms with Gasteiger partial charge in [-0.25, -0.2) is 0 Å². The van der Waals surface area contributed by atoms with Gasteiger partial charge in [0.05, 0.1) is 6.42 Å². The van der Waals surface area contributed by atoms with E-state index in [1.165, 1.54) is 11.0 Å². The predicted molar refractivity (Wildman–Crippen MR) is 82.1 cm³/mol. The summed E-state index contributed by atoms with van der Waals surface area (Å²) in [6.07, 6.45) is 1.71. The number of carboxylic acid groups (broad SMARTS) is 1. The molecule has 0 radical (unpaired) electrons. The summed E-state index contributed by atoms with van der Waals surface area (Å²) < 4.78 is 0. The first-order valence-corrected chi connectivity index (χ1v) is 6.69. The van der Waals surface area contributed by atoms with Crippen LogP contribution in [0.25, 0.3) is 10.8 Å². The van der Waals surface area contributed by atoms with Crippen molar-refractivity contribution in [3.05, 3.63) is 60.7 Å². The molecule has 108 valence electrons. The number of carbonyl (C=O) groups excluding carboxylic acids is 1. The molecule has 0 fully saturated rings. The molecule has 0 spiro atoms. The second-order valence-corrected chi connectivity index (χ2v) is 4.77. The molecule has 4 nitrogen and oxygen atoms in total. The molecule has 0 unspecified atom stereocenters. The van der Waals surface area contributed by atoms with Gasteiger partial charge in [0.15, 0.2) is 0 Å². The minimum absolute atomic E-state index is 0.183. The SMILES string of the molecule is C=CCN(CC(=O)O)C(=O)Cc1cccc2ccccc12. The van der Waals surface area contributed by atoms with Crippen LogP contribution in [0.2, 0.25) is 0 Å². The standard InChI is InChI=1S/C17H17NO3/c1-2-10-18(12-17(20)21)16(19)11-14-8-5-7-13-6-3-4-9-15(13)14/h2-9H,1,10-12H2,(H,20,21). The highest BCUT2D eigenvalue weighted by Crippen LogP contribution is 2.19. The van der Waals surface area contributed by atoms with Crippen LogP contribution in [0.3, 0.4) is 0 Å². The summed E-state index contributed by atoms with van der Waals surface area (Å²) in [6.45, 7) is 3.48. The van der Waals surface area contributed by atoms with Gasteiger partial charge in [-0.15, -0.1) is 6.58 Å². The van der Waals surface area contributed by atoms with Crippen LogP contribution in [0.15, 0.2) is 55.1 Å². The minimum Gasteiger partial charge on any atom is -0.480 e. The molecule has 2 aromatic rings. The first-order valence-electron chi connectivity index (χ1n) is 6.69. The summed E-state index contributed by atoms with van der Waals surface area (Å²) in [5.41, 5.74) is 0.901. The lowest BCUT2D eigenvalue weighted by Crippen LogP contribution is -2.36. The molecule has 1 N–H and O–H groups in total. The Morgan fingerprint density at radius 3 is 2.57 bits per heavy atom. The van der Waals surface area contributed by atoms with E-state index in [-0.39, 0.29) is 25.4 Å². The Morgan fingerprint density at radius 2 is 1.86 bits per heavy atom. The van der Waals surface area contributed by atoms with E-state index < -0.39 is 5.97 Å². The Hall–Kier alpha value is -2.62. The van der Waals surface area contributed by atoms with E-state index in [0.717, 1.165) is 16.3 Å². The fraction of sp³-hybridized carbons (Fsp3) is 0.176. The van der Waals surface area contributed by atoms with E-state index in [4.69, 9.17) is 5.11 Å². The number of rotatable bonds is 6. The molecule has 0 aliphatic rings. The van der Waals surface area contributed by atoms with Gasteiger partial charge in [0.1, 0.15) is 6.54 Å². The van der Waals surface area contributed by atoms with E-state index in [2.05, 4.69) is 6.58 Å². The number of fused-ring (bicyclic) bond motifs is 1. The van der Waals surface area contributed by atoms with Crippen molar-refractivity contribution in [2.45, 2.75) is 6.42 Å². The summed E-state index contributed by atoms with van der Waals surface area (Å²) in [7, 11) is 0. The lowest BCUT2D eigenvalue weighted by atomic mass is 10.0. The third-order valence-corrected chi connectivity index (χ3v) is 3.25. The molecule has 0 aliphatic carbocycles. The maximum absolute atomic E-state index is 12.3. The number of carboxylic acids is 1. The van der Waals surface area contributed by atoms with E-state index >= 15 is 0 Å². The Bertz CT molecular complexity index is 673. The quantitative estimate of drug-likeness (QED) is 0.829. The van der Waals surface area contributed by atoms with Crippen molar-refractivity contribution in [1.29, 1.82) is 0 Å². The fourth-order valence-electron chi connectivity index (χ4n) is 2.30. The smallest absolute Gasteiger partial charge is 0.323 e. The van der Waals surface area contributed by atoms with Crippen molar-refractivity contribution in [3.63, 3.8) is 0 Å². The molecular weight excluding hydrogens is 266 g/mol. The van der Waals surface area contributed by atoms with Crippen LogP contribution in [0.1, 0.15) is 5.56 Å². The van der Waals surface area contributed by atoms with Gasteiger partial charge in [-0.2, -0.15) is 0 Å². The van der Waals surface area contributed by atoms with Gasteiger partial charge in [0, 0.05) is 6.54 Å². The Kier molecular flexibility index (Phi) is 4.72. The van der Waals surface area contributed by atoms with Gasteiger partial charge < -0.3 is 10.0 Å². The molecule has 1 amide bonds. The third kappa shape index (κ3) is 3.69. The van der Waals surface area contributed by atoms with E-state index in [1.54, 1.807) is 0 Å². The Morgan fingerprint density at radius 1 is 1.14 bits per heavy atom. The third-order valence-electron chi connectivity index (χ3n) is 3.25. The van der Waals surface area contributed by atoms with Crippen molar-refractivity contribution in [2.24, 2.45) is 0 Å². The first kappa shape index (κ1) is 14.8. The van der Waals surface area contributed by atoms with Crippen LogP contribution in [0, 0.1) is 0 Å².